The van der Waals surface area contributed by atoms with Crippen LogP contribution in [-0.2, 0) is 0 Å². The number of rotatable bonds is 5. The van der Waals surface area contributed by atoms with Gasteiger partial charge in [0.05, 0.1) is 10.6 Å². The Morgan fingerprint density at radius 3 is 2.48 bits per heavy atom. The zero-order valence-electron chi connectivity index (χ0n) is 17.2. The number of halogens is 1. The summed E-state index contributed by atoms with van der Waals surface area (Å²) in [4.78, 5) is 10.8. The zero-order valence-corrected chi connectivity index (χ0v) is 18.7. The number of likely N-dealkylation sites (tertiary alicyclic amines) is 1. The Morgan fingerprint density at radius 2 is 1.77 bits per heavy atom. The topological polar surface area (TPSA) is 28.1 Å². The summed E-state index contributed by atoms with van der Waals surface area (Å²) in [5, 5.41) is 0.836. The molecule has 0 spiro atoms. The summed E-state index contributed by atoms with van der Waals surface area (Å²) in [6, 6.07) is 17.2. The molecule has 1 unspecified atom stereocenters. The van der Waals surface area contributed by atoms with Crippen LogP contribution in [0.15, 0.2) is 76.9 Å². The first kappa shape index (κ1) is 19.5. The second-order valence-corrected chi connectivity index (χ2v) is 10.1. The summed E-state index contributed by atoms with van der Waals surface area (Å²) < 4.78 is 6.16. The Balaban J connectivity index is 1.08. The lowest BCUT2D eigenvalue weighted by molar-refractivity contribution is -0.0308. The second-order valence-electron chi connectivity index (χ2n) is 8.52. The van der Waals surface area contributed by atoms with Gasteiger partial charge in [0.1, 0.15) is 17.2 Å². The van der Waals surface area contributed by atoms with E-state index in [0.717, 1.165) is 41.3 Å². The van der Waals surface area contributed by atoms with E-state index in [2.05, 4.69) is 64.7 Å². The first-order valence-electron chi connectivity index (χ1n) is 10.9. The lowest BCUT2D eigenvalue weighted by Crippen LogP contribution is -2.59. The predicted octanol–water partition coefficient (Wildman–Crippen LogP) is 6.02. The molecule has 1 atom stereocenters. The molecule has 1 saturated carbocycles. The first-order chi connectivity index (χ1) is 15.2. The molecule has 1 aliphatic carbocycles. The summed E-state index contributed by atoms with van der Waals surface area (Å²) in [7, 11) is 0. The third-order valence-corrected chi connectivity index (χ3v) is 7.88. The third kappa shape index (κ3) is 3.91. The van der Waals surface area contributed by atoms with Crippen molar-refractivity contribution in [3.8, 4) is 5.75 Å². The van der Waals surface area contributed by atoms with E-state index in [1.54, 1.807) is 11.8 Å². The van der Waals surface area contributed by atoms with Gasteiger partial charge in [-0.3, -0.25) is 9.89 Å². The minimum atomic E-state index is 0.0841. The maximum Gasteiger partial charge on any atom is 0.126 e. The number of ether oxygens (including phenoxy) is 1. The van der Waals surface area contributed by atoms with Crippen LogP contribution in [-0.4, -0.2) is 35.8 Å². The van der Waals surface area contributed by atoms with Crippen LogP contribution in [0.2, 0.25) is 5.02 Å². The molecule has 2 fully saturated rings. The van der Waals surface area contributed by atoms with E-state index in [1.165, 1.54) is 29.7 Å². The van der Waals surface area contributed by atoms with Crippen molar-refractivity contribution in [3.63, 3.8) is 0 Å². The van der Waals surface area contributed by atoms with E-state index in [-0.39, 0.29) is 5.37 Å². The van der Waals surface area contributed by atoms with Gasteiger partial charge in [-0.25, -0.2) is 0 Å². The summed E-state index contributed by atoms with van der Waals surface area (Å²) in [5.41, 5.74) is 3.34. The van der Waals surface area contributed by atoms with E-state index in [9.17, 15) is 0 Å². The van der Waals surface area contributed by atoms with Crippen molar-refractivity contribution in [1.29, 1.82) is 0 Å². The maximum atomic E-state index is 6.16. The number of hydrogen-bond acceptors (Lipinski definition) is 5. The molecule has 6 rings (SSSR count). The van der Waals surface area contributed by atoms with Gasteiger partial charge in [0.25, 0.3) is 0 Å². The normalized spacial score (nSPS) is 23.6. The van der Waals surface area contributed by atoms with E-state index < -0.39 is 0 Å². The molecule has 3 heterocycles. The quantitative estimate of drug-likeness (QED) is 0.558. The average Bonchev–Trinajstić information content (AvgIpc) is 3.15. The number of thioether (sulfide) groups is 1. The van der Waals surface area contributed by atoms with Crippen molar-refractivity contribution in [2.75, 3.05) is 18.0 Å². The van der Waals surface area contributed by atoms with Gasteiger partial charge < -0.3 is 9.64 Å². The molecular weight excluding hydrogens is 426 g/mol. The molecule has 0 radical (unpaired) electrons. The van der Waals surface area contributed by atoms with Crippen LogP contribution >= 0.6 is 23.4 Å². The van der Waals surface area contributed by atoms with Crippen LogP contribution in [0.3, 0.4) is 0 Å². The zero-order chi connectivity index (χ0) is 20.8. The first-order valence-corrected chi connectivity index (χ1v) is 12.2. The maximum absolute atomic E-state index is 6.16. The van der Waals surface area contributed by atoms with E-state index in [1.807, 2.05) is 12.1 Å². The molecule has 2 aromatic rings. The molecule has 4 nitrogen and oxygen atoms in total. The summed E-state index contributed by atoms with van der Waals surface area (Å²) in [6.07, 6.45) is 10.8. The number of aliphatic imine (C=N–C) groups is 1. The largest absolute Gasteiger partial charge is 0.488 e. The van der Waals surface area contributed by atoms with Gasteiger partial charge in [-0.05, 0) is 60.9 Å². The van der Waals surface area contributed by atoms with Crippen molar-refractivity contribution in [1.82, 2.24) is 4.90 Å². The average molecular weight is 450 g/mol. The van der Waals surface area contributed by atoms with Crippen molar-refractivity contribution in [2.45, 2.75) is 36.8 Å². The van der Waals surface area contributed by atoms with Crippen LogP contribution in [0.4, 0.5) is 5.69 Å². The molecule has 0 N–H and O–H groups in total. The fraction of sp³-hybridized carbons (Fsp3) is 0.320. The number of allylic oxidation sites excluding steroid dienone is 2. The van der Waals surface area contributed by atoms with Crippen molar-refractivity contribution >= 4 is 34.8 Å². The summed E-state index contributed by atoms with van der Waals surface area (Å²) >= 11 is 7.80. The van der Waals surface area contributed by atoms with Crippen LogP contribution in [0.1, 0.15) is 30.2 Å². The number of fused-ring (bicyclic) bond motifs is 1. The molecule has 4 aliphatic rings. The van der Waals surface area contributed by atoms with Gasteiger partial charge in [-0.15, -0.1) is 0 Å². The van der Waals surface area contributed by atoms with Crippen LogP contribution in [0, 0.1) is 0 Å². The molecule has 31 heavy (non-hydrogen) atoms. The Labute approximate surface area is 192 Å². The van der Waals surface area contributed by atoms with Crippen LogP contribution in [0.25, 0.3) is 0 Å². The smallest absolute Gasteiger partial charge is 0.126 e. The van der Waals surface area contributed by atoms with Gasteiger partial charge in [-0.1, -0.05) is 41.9 Å². The monoisotopic (exact) mass is 449 g/mol. The molecule has 158 valence electrons. The fourth-order valence-corrected chi connectivity index (χ4v) is 5.59. The lowest BCUT2D eigenvalue weighted by Gasteiger charge is -2.47. The molecule has 0 amide bonds. The van der Waals surface area contributed by atoms with E-state index >= 15 is 0 Å². The molecular formula is C25H24ClN3OS. The minimum absolute atomic E-state index is 0.0841. The minimum Gasteiger partial charge on any atom is -0.488 e. The molecule has 2 aromatic carbocycles. The van der Waals surface area contributed by atoms with Crippen LogP contribution < -0.4 is 9.64 Å². The highest BCUT2D eigenvalue weighted by molar-refractivity contribution is 8.04. The van der Waals surface area contributed by atoms with Gasteiger partial charge in [-0.2, -0.15) is 0 Å². The highest BCUT2D eigenvalue weighted by Gasteiger charge is 2.36. The standard InChI is InChI=1S/C25H24ClN3OS/c26-18-6-4-17(5-7-18)25-27-23-12-13-28(16-24(23)31-25)20-8-10-21(11-9-20)30-22-14-29(15-22)19-2-1-3-19/h4-13,16,19,22,25H,1-3,14-15H2. The number of benzene rings is 2. The number of anilines is 1. The SMILES string of the molecule is Clc1ccc(C2N=C3C=CN(c4ccc(OC5CN(C6CCC6)C5)cc4)C=C3S2)cc1. The fourth-order valence-electron chi connectivity index (χ4n) is 4.35. The van der Waals surface area contributed by atoms with E-state index in [4.69, 9.17) is 21.3 Å². The molecule has 0 aromatic heterocycles. The number of nitrogens with zero attached hydrogens (tertiary/aromatic N) is 3. The van der Waals surface area contributed by atoms with E-state index in [0.29, 0.717) is 6.10 Å². The van der Waals surface area contributed by atoms with Gasteiger partial charge in [0.15, 0.2) is 0 Å². The van der Waals surface area contributed by atoms with Gasteiger partial charge in [0, 0.05) is 42.2 Å². The summed E-state index contributed by atoms with van der Waals surface area (Å²) in [6.45, 7) is 2.14. The Bertz CT molecular complexity index is 1050. The number of hydrogen-bond donors (Lipinski definition) is 0. The Kier molecular flexibility index (Phi) is 5.05. The predicted molar refractivity (Wildman–Crippen MR) is 129 cm³/mol. The second kappa shape index (κ2) is 8.05. The molecule has 0 bridgehead atoms. The van der Waals surface area contributed by atoms with Crippen molar-refractivity contribution in [3.05, 3.63) is 82.5 Å². The summed E-state index contributed by atoms with van der Waals surface area (Å²) in [5.74, 6) is 0.955. The van der Waals surface area contributed by atoms with Crippen molar-refractivity contribution in [2.24, 2.45) is 4.99 Å². The molecule has 3 aliphatic heterocycles. The molecule has 1 saturated heterocycles. The lowest BCUT2D eigenvalue weighted by atomic mass is 9.89. The third-order valence-electron chi connectivity index (χ3n) is 6.46. The Morgan fingerprint density at radius 1 is 1.00 bits per heavy atom. The van der Waals surface area contributed by atoms with Gasteiger partial charge in [0.2, 0.25) is 0 Å². The van der Waals surface area contributed by atoms with Crippen molar-refractivity contribution < 1.29 is 4.74 Å². The highest BCUT2D eigenvalue weighted by Crippen LogP contribution is 2.44. The van der Waals surface area contributed by atoms with Gasteiger partial charge >= 0.3 is 0 Å². The highest BCUT2D eigenvalue weighted by atomic mass is 35.5. The molecule has 6 heteroatoms. The van der Waals surface area contributed by atoms with Crippen LogP contribution in [0.5, 0.6) is 5.75 Å². The Hall–Kier alpha value is -2.21.